The summed E-state index contributed by atoms with van der Waals surface area (Å²) in [5, 5.41) is 8.96. The third-order valence-electron chi connectivity index (χ3n) is 2.11. The van der Waals surface area contributed by atoms with Gasteiger partial charge in [0.15, 0.2) is 6.79 Å². The van der Waals surface area contributed by atoms with Crippen LogP contribution in [0.15, 0.2) is 12.1 Å². The van der Waals surface area contributed by atoms with Gasteiger partial charge in [-0.05, 0) is 12.1 Å². The summed E-state index contributed by atoms with van der Waals surface area (Å²) >= 11 is 0. The molecule has 0 saturated carbocycles. The van der Waals surface area contributed by atoms with E-state index in [1.54, 1.807) is 12.1 Å². The molecule has 0 N–H and O–H groups in total. The van der Waals surface area contributed by atoms with Gasteiger partial charge < -0.3 is 14.2 Å². The lowest BCUT2D eigenvalue weighted by molar-refractivity contribution is -0.0166. The fourth-order valence-electron chi connectivity index (χ4n) is 1.43. The zero-order chi connectivity index (χ0) is 9.97. The molecule has 2 rings (SSSR count). The van der Waals surface area contributed by atoms with Crippen molar-refractivity contribution in [3.8, 4) is 17.6 Å². The highest BCUT2D eigenvalue weighted by Crippen LogP contribution is 2.32. The first-order valence-corrected chi connectivity index (χ1v) is 4.17. The summed E-state index contributed by atoms with van der Waals surface area (Å²) in [5.74, 6) is 1.26. The van der Waals surface area contributed by atoms with Crippen LogP contribution in [0.1, 0.15) is 11.1 Å². The minimum Gasteiger partial charge on any atom is -0.495 e. The molecule has 0 amide bonds. The average Bonchev–Trinajstić information content (AvgIpc) is 2.27. The summed E-state index contributed by atoms with van der Waals surface area (Å²) in [4.78, 5) is 0. The SMILES string of the molecule is COc1ccc2c(c1C#N)COCO2. The topological polar surface area (TPSA) is 51.5 Å². The molecule has 0 aromatic heterocycles. The standard InChI is InChI=1S/C10H9NO3/c1-12-9-2-3-10-8(7(9)4-11)5-13-6-14-10/h2-3H,5-6H2,1H3. The van der Waals surface area contributed by atoms with Crippen LogP contribution in [0.3, 0.4) is 0 Å². The summed E-state index contributed by atoms with van der Waals surface area (Å²) in [6.45, 7) is 0.639. The van der Waals surface area contributed by atoms with Gasteiger partial charge in [-0.25, -0.2) is 0 Å². The van der Waals surface area contributed by atoms with Crippen LogP contribution >= 0.6 is 0 Å². The summed E-state index contributed by atoms with van der Waals surface area (Å²) in [6, 6.07) is 5.60. The number of fused-ring (bicyclic) bond motifs is 1. The van der Waals surface area contributed by atoms with Crippen molar-refractivity contribution in [3.05, 3.63) is 23.3 Å². The van der Waals surface area contributed by atoms with Crippen LogP contribution in [-0.2, 0) is 11.3 Å². The lowest BCUT2D eigenvalue weighted by Crippen LogP contribution is -2.13. The van der Waals surface area contributed by atoms with Crippen LogP contribution in [0.5, 0.6) is 11.5 Å². The molecule has 1 heterocycles. The minimum absolute atomic E-state index is 0.240. The molecule has 1 aliphatic rings. The minimum atomic E-state index is 0.240. The largest absolute Gasteiger partial charge is 0.495 e. The molecule has 0 aliphatic carbocycles. The van der Waals surface area contributed by atoms with E-state index in [2.05, 4.69) is 6.07 Å². The number of hydrogen-bond acceptors (Lipinski definition) is 4. The Labute approximate surface area is 81.6 Å². The lowest BCUT2D eigenvalue weighted by Gasteiger charge is -2.19. The van der Waals surface area contributed by atoms with Gasteiger partial charge >= 0.3 is 0 Å². The summed E-state index contributed by atoms with van der Waals surface area (Å²) < 4.78 is 15.4. The Bertz CT molecular complexity index is 395. The van der Waals surface area contributed by atoms with Gasteiger partial charge in [-0.2, -0.15) is 5.26 Å². The first kappa shape index (κ1) is 8.85. The van der Waals surface area contributed by atoms with Gasteiger partial charge in [0, 0.05) is 5.56 Å². The zero-order valence-corrected chi connectivity index (χ0v) is 7.74. The van der Waals surface area contributed by atoms with Gasteiger partial charge in [-0.1, -0.05) is 0 Å². The monoisotopic (exact) mass is 191 g/mol. The maximum absolute atomic E-state index is 8.96. The van der Waals surface area contributed by atoms with E-state index in [0.29, 0.717) is 23.7 Å². The molecule has 0 saturated heterocycles. The van der Waals surface area contributed by atoms with E-state index >= 15 is 0 Å². The summed E-state index contributed by atoms with van der Waals surface area (Å²) in [5.41, 5.74) is 1.25. The second-order valence-corrected chi connectivity index (χ2v) is 2.84. The number of hydrogen-bond donors (Lipinski definition) is 0. The van der Waals surface area contributed by atoms with Gasteiger partial charge in [-0.3, -0.25) is 0 Å². The first-order chi connectivity index (χ1) is 6.86. The van der Waals surface area contributed by atoms with Gasteiger partial charge in [0.25, 0.3) is 0 Å². The van der Waals surface area contributed by atoms with Crippen LogP contribution < -0.4 is 9.47 Å². The number of ether oxygens (including phenoxy) is 3. The molecule has 1 aliphatic heterocycles. The number of benzene rings is 1. The van der Waals surface area contributed by atoms with Crippen molar-refractivity contribution in [2.24, 2.45) is 0 Å². The molecule has 4 heteroatoms. The Morgan fingerprint density at radius 3 is 3.07 bits per heavy atom. The maximum Gasteiger partial charge on any atom is 0.189 e. The van der Waals surface area contributed by atoms with Crippen molar-refractivity contribution in [3.63, 3.8) is 0 Å². The molecule has 72 valence electrons. The Morgan fingerprint density at radius 1 is 1.50 bits per heavy atom. The van der Waals surface area contributed by atoms with Crippen molar-refractivity contribution >= 4 is 0 Å². The van der Waals surface area contributed by atoms with E-state index in [1.165, 1.54) is 7.11 Å². The van der Waals surface area contributed by atoms with Crippen molar-refractivity contribution in [2.75, 3.05) is 13.9 Å². The van der Waals surface area contributed by atoms with Crippen molar-refractivity contribution in [1.82, 2.24) is 0 Å². The molecule has 0 spiro atoms. The second kappa shape index (κ2) is 3.56. The fourth-order valence-corrected chi connectivity index (χ4v) is 1.43. The predicted molar refractivity (Wildman–Crippen MR) is 48.0 cm³/mol. The predicted octanol–water partition coefficient (Wildman–Crippen LogP) is 1.43. The van der Waals surface area contributed by atoms with E-state index in [1.807, 2.05) is 0 Å². The molecule has 14 heavy (non-hydrogen) atoms. The third kappa shape index (κ3) is 1.28. The van der Waals surface area contributed by atoms with Crippen LogP contribution in [0.25, 0.3) is 0 Å². The Balaban J connectivity index is 2.57. The molecule has 0 unspecified atom stereocenters. The number of rotatable bonds is 1. The highest BCUT2D eigenvalue weighted by molar-refractivity contribution is 5.55. The van der Waals surface area contributed by atoms with Crippen molar-refractivity contribution in [1.29, 1.82) is 5.26 Å². The van der Waals surface area contributed by atoms with Gasteiger partial charge in [0.1, 0.15) is 23.1 Å². The van der Waals surface area contributed by atoms with Crippen LogP contribution in [0, 0.1) is 11.3 Å². The van der Waals surface area contributed by atoms with E-state index in [4.69, 9.17) is 19.5 Å². The Morgan fingerprint density at radius 2 is 2.36 bits per heavy atom. The molecule has 0 radical (unpaired) electrons. The number of nitriles is 1. The number of methoxy groups -OCH3 is 1. The van der Waals surface area contributed by atoms with E-state index in [-0.39, 0.29) is 6.79 Å². The summed E-state index contributed by atoms with van der Waals surface area (Å²) in [6.07, 6.45) is 0. The zero-order valence-electron chi connectivity index (χ0n) is 7.74. The highest BCUT2D eigenvalue weighted by atomic mass is 16.7. The Kier molecular flexibility index (Phi) is 2.25. The highest BCUT2D eigenvalue weighted by Gasteiger charge is 2.18. The molecular formula is C10H9NO3. The van der Waals surface area contributed by atoms with Crippen molar-refractivity contribution in [2.45, 2.75) is 6.61 Å². The van der Waals surface area contributed by atoms with Crippen LogP contribution in [0.2, 0.25) is 0 Å². The normalized spacial score (nSPS) is 13.7. The van der Waals surface area contributed by atoms with Gasteiger partial charge in [0.2, 0.25) is 0 Å². The molecule has 1 aromatic rings. The van der Waals surface area contributed by atoms with Crippen LogP contribution in [0.4, 0.5) is 0 Å². The molecule has 0 fully saturated rings. The third-order valence-corrected chi connectivity index (χ3v) is 2.11. The maximum atomic E-state index is 8.96. The van der Waals surface area contributed by atoms with Crippen LogP contribution in [-0.4, -0.2) is 13.9 Å². The average molecular weight is 191 g/mol. The van der Waals surface area contributed by atoms with E-state index in [9.17, 15) is 0 Å². The molecule has 0 atom stereocenters. The molecule has 0 bridgehead atoms. The quantitative estimate of drug-likeness (QED) is 0.673. The Hall–Kier alpha value is -1.73. The molecule has 4 nitrogen and oxygen atoms in total. The smallest absolute Gasteiger partial charge is 0.189 e. The van der Waals surface area contributed by atoms with Gasteiger partial charge in [0.05, 0.1) is 13.7 Å². The van der Waals surface area contributed by atoms with E-state index in [0.717, 1.165) is 5.56 Å². The lowest BCUT2D eigenvalue weighted by atomic mass is 10.1. The number of nitrogens with zero attached hydrogens (tertiary/aromatic N) is 1. The van der Waals surface area contributed by atoms with E-state index < -0.39 is 0 Å². The fraction of sp³-hybridized carbons (Fsp3) is 0.300. The van der Waals surface area contributed by atoms with Gasteiger partial charge in [-0.15, -0.1) is 0 Å². The summed E-state index contributed by atoms with van der Waals surface area (Å²) in [7, 11) is 1.53. The first-order valence-electron chi connectivity index (χ1n) is 4.17. The van der Waals surface area contributed by atoms with Crippen molar-refractivity contribution < 1.29 is 14.2 Å². The second-order valence-electron chi connectivity index (χ2n) is 2.84. The molecular weight excluding hydrogens is 182 g/mol. The molecule has 1 aromatic carbocycles.